The van der Waals surface area contributed by atoms with Gasteiger partial charge in [-0.2, -0.15) is 0 Å². The van der Waals surface area contributed by atoms with Gasteiger partial charge in [-0.25, -0.2) is 8.42 Å². The quantitative estimate of drug-likeness (QED) is 0.543. The highest BCUT2D eigenvalue weighted by atomic mass is 35.5. The second-order valence-electron chi connectivity index (χ2n) is 6.55. The molecule has 0 bridgehead atoms. The number of carbonyl (C=O) groups is 1. The zero-order valence-corrected chi connectivity index (χ0v) is 18.3. The third kappa shape index (κ3) is 7.25. The highest BCUT2D eigenvalue weighted by molar-refractivity contribution is 7.92. The number of rotatable bonds is 11. The van der Waals surface area contributed by atoms with Crippen molar-refractivity contribution in [2.24, 2.45) is 0 Å². The van der Waals surface area contributed by atoms with E-state index in [1.165, 1.54) is 10.6 Å². The van der Waals surface area contributed by atoms with Crippen molar-refractivity contribution in [3.63, 3.8) is 0 Å². The largest absolute Gasteiger partial charge is 0.490 e. The van der Waals surface area contributed by atoms with Gasteiger partial charge >= 0.3 is 0 Å². The first-order valence-electron chi connectivity index (χ1n) is 9.52. The van der Waals surface area contributed by atoms with Gasteiger partial charge in [0.15, 0.2) is 0 Å². The van der Waals surface area contributed by atoms with Crippen LogP contribution < -0.4 is 14.4 Å². The van der Waals surface area contributed by atoms with Crippen molar-refractivity contribution in [2.75, 3.05) is 30.3 Å². The highest BCUT2D eigenvalue weighted by Crippen LogP contribution is 2.24. The van der Waals surface area contributed by atoms with E-state index >= 15 is 0 Å². The fourth-order valence-electron chi connectivity index (χ4n) is 2.90. The fraction of sp³-hybridized carbons (Fsp3) is 0.381. The standard InChI is InChI=1S/C21H27ClN2O4S/c1-3-17-9-4-6-11-19(17)24(29(2,26)27)15-8-13-21(25)23-14-16-28-20-12-7-5-10-18(20)22/h4-7,9-12H,3,8,13-16H2,1-2H3,(H,23,25). The highest BCUT2D eigenvalue weighted by Gasteiger charge is 2.19. The van der Waals surface area contributed by atoms with Crippen LogP contribution in [0.5, 0.6) is 5.75 Å². The second-order valence-corrected chi connectivity index (χ2v) is 8.86. The molecule has 8 heteroatoms. The topological polar surface area (TPSA) is 75.7 Å². The number of sulfonamides is 1. The smallest absolute Gasteiger partial charge is 0.232 e. The van der Waals surface area contributed by atoms with Crippen molar-refractivity contribution in [2.45, 2.75) is 26.2 Å². The molecule has 0 aliphatic carbocycles. The molecule has 0 spiro atoms. The number of hydrogen-bond donors (Lipinski definition) is 1. The molecule has 0 saturated carbocycles. The minimum Gasteiger partial charge on any atom is -0.490 e. The molecule has 0 saturated heterocycles. The van der Waals surface area contributed by atoms with Gasteiger partial charge < -0.3 is 10.1 Å². The molecule has 6 nitrogen and oxygen atoms in total. The normalized spacial score (nSPS) is 11.1. The van der Waals surface area contributed by atoms with Gasteiger partial charge in [0.25, 0.3) is 0 Å². The van der Waals surface area contributed by atoms with Gasteiger partial charge in [-0.1, -0.05) is 48.9 Å². The first kappa shape index (κ1) is 23.0. The van der Waals surface area contributed by atoms with E-state index in [9.17, 15) is 13.2 Å². The molecule has 2 aromatic carbocycles. The van der Waals surface area contributed by atoms with E-state index in [1.54, 1.807) is 18.2 Å². The Balaban J connectivity index is 1.80. The number of halogens is 1. The molecule has 0 unspecified atom stereocenters. The van der Waals surface area contributed by atoms with E-state index in [1.807, 2.05) is 37.3 Å². The fourth-order valence-corrected chi connectivity index (χ4v) is 4.09. The summed E-state index contributed by atoms with van der Waals surface area (Å²) in [7, 11) is -3.44. The Hall–Kier alpha value is -2.25. The number of ether oxygens (including phenoxy) is 1. The number of para-hydroxylation sites is 2. The molecule has 29 heavy (non-hydrogen) atoms. The molecule has 0 radical (unpaired) electrons. The van der Waals surface area contributed by atoms with Gasteiger partial charge in [-0.3, -0.25) is 9.10 Å². The first-order valence-corrected chi connectivity index (χ1v) is 11.7. The molecular formula is C21H27ClN2O4S. The molecule has 0 aromatic heterocycles. The number of amides is 1. The molecule has 0 aliphatic heterocycles. The average molecular weight is 439 g/mol. The van der Waals surface area contributed by atoms with Crippen LogP contribution in [-0.2, 0) is 21.2 Å². The van der Waals surface area contributed by atoms with Gasteiger partial charge in [0, 0.05) is 13.0 Å². The molecule has 1 N–H and O–H groups in total. The summed E-state index contributed by atoms with van der Waals surface area (Å²) in [5.41, 5.74) is 1.63. The summed E-state index contributed by atoms with van der Waals surface area (Å²) >= 11 is 6.01. The van der Waals surface area contributed by atoms with Crippen LogP contribution in [0.4, 0.5) is 5.69 Å². The van der Waals surface area contributed by atoms with E-state index in [0.29, 0.717) is 36.0 Å². The van der Waals surface area contributed by atoms with Crippen molar-refractivity contribution in [3.8, 4) is 5.75 Å². The third-order valence-corrected chi connectivity index (χ3v) is 5.82. The van der Waals surface area contributed by atoms with E-state index in [2.05, 4.69) is 5.32 Å². The van der Waals surface area contributed by atoms with Crippen molar-refractivity contribution in [3.05, 3.63) is 59.1 Å². The minimum absolute atomic E-state index is 0.148. The number of anilines is 1. The van der Waals surface area contributed by atoms with E-state index in [-0.39, 0.29) is 18.9 Å². The van der Waals surface area contributed by atoms with Crippen LogP contribution in [0.3, 0.4) is 0 Å². The second kappa shape index (κ2) is 11.1. The first-order chi connectivity index (χ1) is 13.8. The number of nitrogens with zero attached hydrogens (tertiary/aromatic N) is 1. The summed E-state index contributed by atoms with van der Waals surface area (Å²) in [6.45, 7) is 2.88. The lowest BCUT2D eigenvalue weighted by molar-refractivity contribution is -0.121. The van der Waals surface area contributed by atoms with E-state index in [4.69, 9.17) is 16.3 Å². The molecule has 2 aromatic rings. The summed E-state index contributed by atoms with van der Waals surface area (Å²) < 4.78 is 31.4. The molecule has 1 amide bonds. The van der Waals surface area contributed by atoms with Crippen LogP contribution in [0.2, 0.25) is 5.02 Å². The Morgan fingerprint density at radius 1 is 1.14 bits per heavy atom. The number of nitrogens with one attached hydrogen (secondary N) is 1. The van der Waals surface area contributed by atoms with Gasteiger partial charge in [0.05, 0.1) is 23.5 Å². The van der Waals surface area contributed by atoms with E-state index in [0.717, 1.165) is 12.0 Å². The van der Waals surface area contributed by atoms with Crippen molar-refractivity contribution >= 4 is 33.2 Å². The van der Waals surface area contributed by atoms with Crippen LogP contribution in [-0.4, -0.2) is 40.3 Å². The van der Waals surface area contributed by atoms with Crippen LogP contribution in [0, 0.1) is 0 Å². The van der Waals surface area contributed by atoms with Crippen LogP contribution in [0.1, 0.15) is 25.3 Å². The summed E-state index contributed by atoms with van der Waals surface area (Å²) in [4.78, 5) is 12.1. The van der Waals surface area contributed by atoms with Gasteiger partial charge in [0.2, 0.25) is 15.9 Å². The summed E-state index contributed by atoms with van der Waals surface area (Å²) in [6, 6.07) is 14.6. The van der Waals surface area contributed by atoms with Gasteiger partial charge in [-0.05, 0) is 36.6 Å². The molecule has 0 heterocycles. The van der Waals surface area contributed by atoms with Crippen LogP contribution in [0.15, 0.2) is 48.5 Å². The SMILES string of the molecule is CCc1ccccc1N(CCCC(=O)NCCOc1ccccc1Cl)S(C)(=O)=O. The maximum absolute atomic E-state index is 12.2. The number of benzene rings is 2. The van der Waals surface area contributed by atoms with Crippen LogP contribution in [0.25, 0.3) is 0 Å². The third-order valence-electron chi connectivity index (χ3n) is 4.33. The number of hydrogen-bond acceptors (Lipinski definition) is 4. The Kier molecular flexibility index (Phi) is 8.79. The Bertz CT molecular complexity index is 918. The van der Waals surface area contributed by atoms with Crippen molar-refractivity contribution in [1.82, 2.24) is 5.32 Å². The Morgan fingerprint density at radius 2 is 1.83 bits per heavy atom. The maximum Gasteiger partial charge on any atom is 0.232 e. The average Bonchev–Trinajstić information content (AvgIpc) is 2.69. The molecule has 0 aliphatic rings. The maximum atomic E-state index is 12.2. The van der Waals surface area contributed by atoms with Crippen molar-refractivity contribution < 1.29 is 17.9 Å². The summed E-state index contributed by atoms with van der Waals surface area (Å²) in [5, 5.41) is 3.29. The molecule has 158 valence electrons. The molecular weight excluding hydrogens is 412 g/mol. The molecule has 2 rings (SSSR count). The predicted molar refractivity (Wildman–Crippen MR) is 117 cm³/mol. The number of aryl methyl sites for hydroxylation is 1. The Labute approximate surface area is 177 Å². The minimum atomic E-state index is -3.44. The molecule has 0 atom stereocenters. The zero-order chi connectivity index (χ0) is 21.3. The predicted octanol–water partition coefficient (Wildman–Crippen LogP) is 3.64. The summed E-state index contributed by atoms with van der Waals surface area (Å²) in [6.07, 6.45) is 2.56. The zero-order valence-electron chi connectivity index (χ0n) is 16.7. The molecule has 0 fully saturated rings. The van der Waals surface area contributed by atoms with Crippen molar-refractivity contribution in [1.29, 1.82) is 0 Å². The summed E-state index contributed by atoms with van der Waals surface area (Å²) in [5.74, 6) is 0.423. The van der Waals surface area contributed by atoms with E-state index < -0.39 is 10.0 Å². The lowest BCUT2D eigenvalue weighted by atomic mass is 10.1. The monoisotopic (exact) mass is 438 g/mol. The number of carbonyl (C=O) groups excluding carboxylic acids is 1. The van der Waals surface area contributed by atoms with Crippen LogP contribution >= 0.6 is 11.6 Å². The van der Waals surface area contributed by atoms with Gasteiger partial charge in [0.1, 0.15) is 12.4 Å². The lowest BCUT2D eigenvalue weighted by Crippen LogP contribution is -2.33. The lowest BCUT2D eigenvalue weighted by Gasteiger charge is -2.24. The Morgan fingerprint density at radius 3 is 2.52 bits per heavy atom. The van der Waals surface area contributed by atoms with Gasteiger partial charge in [-0.15, -0.1) is 0 Å².